The summed E-state index contributed by atoms with van der Waals surface area (Å²) in [6.07, 6.45) is 6.80. The molecule has 2 atom stereocenters. The van der Waals surface area contributed by atoms with Gasteiger partial charge in [-0.15, -0.1) is 0 Å². The molecule has 0 spiro atoms. The van der Waals surface area contributed by atoms with E-state index in [1.165, 1.54) is 12.5 Å². The predicted octanol–water partition coefficient (Wildman–Crippen LogP) is 4.55. The maximum absolute atomic E-state index is 14.4. The first kappa shape index (κ1) is 25.8. The van der Waals surface area contributed by atoms with Crippen LogP contribution in [-0.2, 0) is 13.5 Å². The fraction of sp³-hybridized carbons (Fsp3) is 0.429. The van der Waals surface area contributed by atoms with Crippen LogP contribution in [0.4, 0.5) is 22.0 Å². The van der Waals surface area contributed by atoms with Gasteiger partial charge in [0.25, 0.3) is 0 Å². The molecule has 1 fully saturated rings. The Bertz CT molecular complexity index is 1420. The molecule has 0 aliphatic carbocycles. The number of imidazole rings is 1. The number of alkyl halides is 1. The molecule has 4 aromatic rings. The third-order valence-electron chi connectivity index (χ3n) is 7.17. The van der Waals surface area contributed by atoms with Crippen LogP contribution in [0, 0.1) is 0 Å². The van der Waals surface area contributed by atoms with E-state index in [2.05, 4.69) is 45.2 Å². The van der Waals surface area contributed by atoms with E-state index in [0.717, 1.165) is 28.6 Å². The zero-order valence-electron chi connectivity index (χ0n) is 22.2. The molecule has 5 rings (SSSR count). The van der Waals surface area contributed by atoms with Crippen LogP contribution in [0.2, 0.25) is 0 Å². The highest BCUT2D eigenvalue weighted by Gasteiger charge is 2.38. The van der Waals surface area contributed by atoms with Crippen LogP contribution in [0.25, 0.3) is 10.8 Å². The Morgan fingerprint density at radius 1 is 1.18 bits per heavy atom. The fourth-order valence-electron chi connectivity index (χ4n) is 4.71. The first-order valence-corrected chi connectivity index (χ1v) is 12.9. The van der Waals surface area contributed by atoms with E-state index < -0.39 is 11.8 Å². The molecule has 9 nitrogen and oxygen atoms in total. The zero-order valence-corrected chi connectivity index (χ0v) is 22.2. The van der Waals surface area contributed by atoms with Crippen molar-refractivity contribution in [1.29, 1.82) is 0 Å². The first-order valence-electron chi connectivity index (χ1n) is 12.9. The Labute approximate surface area is 221 Å². The van der Waals surface area contributed by atoms with Gasteiger partial charge >= 0.3 is 0 Å². The van der Waals surface area contributed by atoms with E-state index in [4.69, 9.17) is 4.74 Å². The van der Waals surface area contributed by atoms with Crippen LogP contribution in [0.5, 0.6) is 5.75 Å². The van der Waals surface area contributed by atoms with Gasteiger partial charge in [-0.25, -0.2) is 19.3 Å². The molecular weight excluding hydrogens is 485 g/mol. The third kappa shape index (κ3) is 5.40. The summed E-state index contributed by atoms with van der Waals surface area (Å²) in [6, 6.07) is 7.89. The van der Waals surface area contributed by atoms with Crippen LogP contribution >= 0.6 is 0 Å². The summed E-state index contributed by atoms with van der Waals surface area (Å²) >= 11 is 0. The molecule has 0 bridgehead atoms. The minimum absolute atomic E-state index is 0.0474. The number of hydrogen-bond acceptors (Lipinski definition) is 8. The number of pyridine rings is 1. The van der Waals surface area contributed by atoms with E-state index >= 15 is 0 Å². The zero-order chi connectivity index (χ0) is 26.9. The number of piperidine rings is 1. The van der Waals surface area contributed by atoms with Gasteiger partial charge in [0.15, 0.2) is 0 Å². The lowest BCUT2D eigenvalue weighted by molar-refractivity contribution is -0.0332. The topological polar surface area (TPSA) is 101 Å². The lowest BCUT2D eigenvalue weighted by Gasteiger charge is -2.38. The SMILES string of the molecule is CC(C)c1ccc(OCCc2cncn2C)c2cnc(Nc3ccnc(N4CC[C@](C)(O)[C@H](F)C4)n3)cc12. The highest BCUT2D eigenvalue weighted by molar-refractivity contribution is 5.92. The molecule has 0 radical (unpaired) electrons. The highest BCUT2D eigenvalue weighted by Crippen LogP contribution is 2.34. The molecule has 200 valence electrons. The number of aryl methyl sites for hydroxylation is 1. The van der Waals surface area contributed by atoms with Crippen molar-refractivity contribution >= 4 is 28.4 Å². The molecule has 0 amide bonds. The van der Waals surface area contributed by atoms with Crippen molar-refractivity contribution in [2.24, 2.45) is 7.05 Å². The highest BCUT2D eigenvalue weighted by atomic mass is 19.1. The van der Waals surface area contributed by atoms with Crippen LogP contribution in [0.3, 0.4) is 0 Å². The number of hydrogen-bond donors (Lipinski definition) is 2. The van der Waals surface area contributed by atoms with Crippen molar-refractivity contribution in [2.45, 2.75) is 51.3 Å². The number of fused-ring (bicyclic) bond motifs is 1. The van der Waals surface area contributed by atoms with Crippen molar-refractivity contribution in [2.75, 3.05) is 29.9 Å². The van der Waals surface area contributed by atoms with Gasteiger partial charge in [-0.2, -0.15) is 4.98 Å². The molecule has 1 saturated heterocycles. The molecule has 3 aromatic heterocycles. The van der Waals surface area contributed by atoms with E-state index in [-0.39, 0.29) is 6.54 Å². The van der Waals surface area contributed by atoms with Gasteiger partial charge in [-0.05, 0) is 48.4 Å². The first-order chi connectivity index (χ1) is 18.2. The third-order valence-corrected chi connectivity index (χ3v) is 7.17. The van der Waals surface area contributed by atoms with Gasteiger partial charge in [0.2, 0.25) is 5.95 Å². The summed E-state index contributed by atoms with van der Waals surface area (Å²) in [5.74, 6) is 2.72. The largest absolute Gasteiger partial charge is 0.492 e. The lowest BCUT2D eigenvalue weighted by atomic mass is 9.92. The van der Waals surface area contributed by atoms with Crippen molar-refractivity contribution in [1.82, 2.24) is 24.5 Å². The van der Waals surface area contributed by atoms with Gasteiger partial charge in [-0.1, -0.05) is 19.9 Å². The molecule has 0 unspecified atom stereocenters. The van der Waals surface area contributed by atoms with Gasteiger partial charge in [-0.3, -0.25) is 0 Å². The van der Waals surface area contributed by atoms with Crippen LogP contribution in [0.1, 0.15) is 44.4 Å². The summed E-state index contributed by atoms with van der Waals surface area (Å²) in [5, 5.41) is 15.4. The molecule has 38 heavy (non-hydrogen) atoms. The number of rotatable bonds is 8. The van der Waals surface area contributed by atoms with E-state index in [0.29, 0.717) is 43.1 Å². The molecule has 10 heteroatoms. The standard InChI is InChI=1S/C28H34FN7O2/c1-18(2)20-5-6-23(38-12-8-19-14-30-17-35(19)4)22-15-32-26(13-21(20)22)33-25-7-10-31-27(34-25)36-11-9-28(3,37)24(29)16-36/h5-7,10,13-15,17-18,24,37H,8-9,11-12,16H2,1-4H3,(H,31,32,33,34)/t24-,28+/m1/s1. The summed E-state index contributed by atoms with van der Waals surface area (Å²) in [6.45, 7) is 6.91. The fourth-order valence-corrected chi connectivity index (χ4v) is 4.71. The molecule has 0 saturated carbocycles. The van der Waals surface area contributed by atoms with E-state index in [1.807, 2.05) is 36.1 Å². The number of anilines is 3. The lowest BCUT2D eigenvalue weighted by Crippen LogP contribution is -2.52. The summed E-state index contributed by atoms with van der Waals surface area (Å²) in [4.78, 5) is 19.5. The molecular formula is C28H34FN7O2. The predicted molar refractivity (Wildman–Crippen MR) is 146 cm³/mol. The van der Waals surface area contributed by atoms with Crippen molar-refractivity contribution in [3.8, 4) is 5.75 Å². The Kier molecular flexibility index (Phi) is 7.16. The number of nitrogens with one attached hydrogen (secondary N) is 1. The van der Waals surface area contributed by atoms with Gasteiger partial charge in [0, 0.05) is 49.7 Å². The Morgan fingerprint density at radius 2 is 2.03 bits per heavy atom. The van der Waals surface area contributed by atoms with Crippen LogP contribution in [0.15, 0.2) is 49.2 Å². The van der Waals surface area contributed by atoms with Crippen molar-refractivity contribution < 1.29 is 14.2 Å². The second-order valence-electron chi connectivity index (χ2n) is 10.4. The normalized spacial score (nSPS) is 19.8. The van der Waals surface area contributed by atoms with Crippen molar-refractivity contribution in [3.63, 3.8) is 0 Å². The summed E-state index contributed by atoms with van der Waals surface area (Å²) in [7, 11) is 1.98. The molecule has 1 aliphatic rings. The maximum atomic E-state index is 14.4. The van der Waals surface area contributed by atoms with Crippen LogP contribution in [-0.4, -0.2) is 61.1 Å². The van der Waals surface area contributed by atoms with Gasteiger partial charge < -0.3 is 24.6 Å². The average Bonchev–Trinajstić information content (AvgIpc) is 3.30. The molecule has 4 heterocycles. The second-order valence-corrected chi connectivity index (χ2v) is 10.4. The van der Waals surface area contributed by atoms with Crippen molar-refractivity contribution in [3.05, 3.63) is 60.4 Å². The Balaban J connectivity index is 1.36. The number of nitrogens with zero attached hydrogens (tertiary/aromatic N) is 6. The second kappa shape index (κ2) is 10.5. The minimum atomic E-state index is -1.37. The number of benzene rings is 1. The molecule has 1 aliphatic heterocycles. The van der Waals surface area contributed by atoms with Gasteiger partial charge in [0.05, 0.1) is 25.1 Å². The molecule has 2 N–H and O–H groups in total. The monoisotopic (exact) mass is 519 g/mol. The van der Waals surface area contributed by atoms with Gasteiger partial charge in [0.1, 0.15) is 23.6 Å². The quantitative estimate of drug-likeness (QED) is 0.350. The number of aliphatic hydroxyl groups is 1. The Morgan fingerprint density at radius 3 is 2.76 bits per heavy atom. The average molecular weight is 520 g/mol. The number of aromatic nitrogens is 5. The van der Waals surface area contributed by atoms with E-state index in [9.17, 15) is 9.50 Å². The summed E-state index contributed by atoms with van der Waals surface area (Å²) in [5.41, 5.74) is 0.984. The minimum Gasteiger partial charge on any atom is -0.492 e. The summed E-state index contributed by atoms with van der Waals surface area (Å²) < 4.78 is 22.6. The van der Waals surface area contributed by atoms with Crippen LogP contribution < -0.4 is 15.0 Å². The Hall–Kier alpha value is -3.79. The smallest absolute Gasteiger partial charge is 0.227 e. The van der Waals surface area contributed by atoms with E-state index in [1.54, 1.807) is 23.5 Å². The molecule has 1 aromatic carbocycles. The number of halogens is 1. The maximum Gasteiger partial charge on any atom is 0.227 e. The number of ether oxygens (including phenoxy) is 1.